The fraction of sp³-hybridized carbons (Fsp3) is 0.321. The van der Waals surface area contributed by atoms with Crippen LogP contribution in [-0.2, 0) is 11.3 Å². The maximum atomic E-state index is 12.5. The number of rotatable bonds is 9. The van der Waals surface area contributed by atoms with E-state index in [1.165, 1.54) is 0 Å². The second kappa shape index (κ2) is 11.9. The van der Waals surface area contributed by atoms with Crippen LogP contribution in [0.25, 0.3) is 16.5 Å². The number of hydrogen-bond donors (Lipinski definition) is 2. The van der Waals surface area contributed by atoms with Gasteiger partial charge in [-0.1, -0.05) is 55.5 Å². The fourth-order valence-electron chi connectivity index (χ4n) is 4.00. The van der Waals surface area contributed by atoms with E-state index in [1.807, 2.05) is 63.4 Å². The minimum Gasteiger partial charge on any atom is -0.456 e. The topological polar surface area (TPSA) is 57.5 Å². The van der Waals surface area contributed by atoms with Crippen molar-refractivity contribution >= 4 is 34.1 Å². The molecule has 0 saturated carbocycles. The van der Waals surface area contributed by atoms with E-state index in [-0.39, 0.29) is 11.9 Å². The lowest BCUT2D eigenvalue weighted by molar-refractivity contribution is -0.122. The number of halogens is 1. The van der Waals surface area contributed by atoms with Crippen LogP contribution in [0.3, 0.4) is 0 Å². The van der Waals surface area contributed by atoms with Crippen LogP contribution in [0.5, 0.6) is 0 Å². The Morgan fingerprint density at radius 1 is 1.35 bits per heavy atom. The van der Waals surface area contributed by atoms with Crippen LogP contribution < -0.4 is 10.6 Å². The van der Waals surface area contributed by atoms with E-state index >= 15 is 0 Å². The van der Waals surface area contributed by atoms with E-state index in [0.29, 0.717) is 17.3 Å². The summed E-state index contributed by atoms with van der Waals surface area (Å²) in [4.78, 5) is 14.5. The van der Waals surface area contributed by atoms with E-state index in [1.54, 1.807) is 6.08 Å². The first-order valence-corrected chi connectivity index (χ1v) is 12.0. The lowest BCUT2D eigenvalue weighted by atomic mass is 10.0. The number of nitrogens with zero attached hydrogens (tertiary/aromatic N) is 1. The number of nitrogens with one attached hydrogen (secondary N) is 2. The second-order valence-corrected chi connectivity index (χ2v) is 9.04. The van der Waals surface area contributed by atoms with Gasteiger partial charge in [0.15, 0.2) is 0 Å². The van der Waals surface area contributed by atoms with Gasteiger partial charge in [0.2, 0.25) is 5.91 Å². The van der Waals surface area contributed by atoms with E-state index in [0.717, 1.165) is 59.4 Å². The van der Waals surface area contributed by atoms with Crippen molar-refractivity contribution in [3.8, 4) is 0 Å². The highest BCUT2D eigenvalue weighted by Gasteiger charge is 2.20. The van der Waals surface area contributed by atoms with Gasteiger partial charge < -0.3 is 20.0 Å². The molecule has 3 rings (SSSR count). The fourth-order valence-corrected chi connectivity index (χ4v) is 4.24. The first kappa shape index (κ1) is 25.6. The number of allylic oxidation sites excluding steroid dienone is 7. The summed E-state index contributed by atoms with van der Waals surface area (Å²) in [5, 5.41) is 7.77. The molecule has 180 valence electrons. The summed E-state index contributed by atoms with van der Waals surface area (Å²) in [6.07, 6.45) is 12.6. The number of benzene rings is 1. The summed E-state index contributed by atoms with van der Waals surface area (Å²) in [7, 11) is 1.99. The van der Waals surface area contributed by atoms with Crippen molar-refractivity contribution in [3.05, 3.63) is 89.5 Å². The van der Waals surface area contributed by atoms with Crippen molar-refractivity contribution in [3.63, 3.8) is 0 Å². The molecule has 5 nitrogen and oxygen atoms in total. The number of hydrogen-bond acceptors (Lipinski definition) is 4. The molecule has 1 amide bonds. The van der Waals surface area contributed by atoms with Crippen molar-refractivity contribution in [2.45, 2.75) is 45.7 Å². The molecule has 1 aliphatic rings. The number of fused-ring (bicyclic) bond motifs is 1. The minimum atomic E-state index is -0.146. The Morgan fingerprint density at radius 2 is 2.15 bits per heavy atom. The lowest BCUT2D eigenvalue weighted by Crippen LogP contribution is -2.46. The van der Waals surface area contributed by atoms with E-state index in [4.69, 9.17) is 16.0 Å². The van der Waals surface area contributed by atoms with Gasteiger partial charge in [-0.05, 0) is 57.5 Å². The van der Waals surface area contributed by atoms with Gasteiger partial charge >= 0.3 is 0 Å². The smallest absolute Gasteiger partial charge is 0.241 e. The Kier molecular flexibility index (Phi) is 8.97. The van der Waals surface area contributed by atoms with Gasteiger partial charge in [-0.2, -0.15) is 0 Å². The van der Waals surface area contributed by atoms with Crippen molar-refractivity contribution in [2.24, 2.45) is 0 Å². The third-order valence-corrected chi connectivity index (χ3v) is 6.15. The maximum absolute atomic E-state index is 12.5. The molecule has 1 aromatic heterocycles. The van der Waals surface area contributed by atoms with E-state index < -0.39 is 0 Å². The summed E-state index contributed by atoms with van der Waals surface area (Å²) in [6, 6.07) is 5.67. The van der Waals surface area contributed by atoms with E-state index in [9.17, 15) is 4.79 Å². The zero-order valence-corrected chi connectivity index (χ0v) is 21.0. The summed E-state index contributed by atoms with van der Waals surface area (Å²) in [6.45, 7) is 13.3. The molecule has 2 N–H and O–H groups in total. The largest absolute Gasteiger partial charge is 0.456 e. The summed E-state index contributed by atoms with van der Waals surface area (Å²) in [5.41, 5.74) is 4.20. The summed E-state index contributed by atoms with van der Waals surface area (Å²) in [5.74, 6) is 0.717. The highest BCUT2D eigenvalue weighted by Crippen LogP contribution is 2.31. The van der Waals surface area contributed by atoms with Gasteiger partial charge in [-0.25, -0.2) is 0 Å². The van der Waals surface area contributed by atoms with Crippen LogP contribution in [0.4, 0.5) is 0 Å². The molecule has 1 saturated heterocycles. The number of carbonyl (C=O) groups is 1. The number of carbonyl (C=O) groups excluding carboxylic acids is 1. The predicted octanol–water partition coefficient (Wildman–Crippen LogP) is 6.34. The first-order chi connectivity index (χ1) is 16.3. The third-order valence-electron chi connectivity index (χ3n) is 5.93. The lowest BCUT2D eigenvalue weighted by Gasteiger charge is -2.23. The van der Waals surface area contributed by atoms with Crippen molar-refractivity contribution < 1.29 is 9.21 Å². The van der Waals surface area contributed by atoms with E-state index in [2.05, 4.69) is 28.7 Å². The number of piperidine rings is 1. The molecule has 2 heterocycles. The van der Waals surface area contributed by atoms with Crippen LogP contribution in [0.15, 0.2) is 77.5 Å². The Labute approximate surface area is 207 Å². The molecule has 0 spiro atoms. The van der Waals surface area contributed by atoms with Gasteiger partial charge in [0.25, 0.3) is 0 Å². The molecule has 0 aliphatic carbocycles. The van der Waals surface area contributed by atoms with Crippen molar-refractivity contribution in [1.82, 2.24) is 15.5 Å². The highest BCUT2D eigenvalue weighted by molar-refractivity contribution is 6.31. The normalized spacial score (nSPS) is 17.2. The third kappa shape index (κ3) is 6.52. The minimum absolute atomic E-state index is 0.0277. The molecular formula is C28H34ClN3O2. The molecule has 1 aromatic carbocycles. The maximum Gasteiger partial charge on any atom is 0.241 e. The standard InChI is InChI=1S/C28H34ClN3O2/c1-6-8-11-21(7-2)26-17-22-15-24(29)16-23(27(22)34-26)18-32(5)20(4)14-19(3)31-28(33)25-12-9-10-13-30-25/h6-8,11,14-17,25,30H,2-3,9-10,12-13,18H2,1,4-5H3,(H,31,33)/t25-/m0/s1. The molecule has 1 atom stereocenters. The Bertz CT molecular complexity index is 1150. The molecule has 0 bridgehead atoms. The van der Waals surface area contributed by atoms with Crippen LogP contribution in [0, 0.1) is 0 Å². The van der Waals surface area contributed by atoms with Crippen molar-refractivity contribution in [1.29, 1.82) is 0 Å². The molecule has 6 heteroatoms. The monoisotopic (exact) mass is 479 g/mol. The molecule has 34 heavy (non-hydrogen) atoms. The molecular weight excluding hydrogens is 446 g/mol. The van der Waals surface area contributed by atoms with Gasteiger partial charge in [0.05, 0.1) is 6.04 Å². The van der Waals surface area contributed by atoms with Crippen molar-refractivity contribution in [2.75, 3.05) is 13.6 Å². The molecule has 0 unspecified atom stereocenters. The quantitative estimate of drug-likeness (QED) is 0.412. The highest BCUT2D eigenvalue weighted by atomic mass is 35.5. The SMILES string of the molecule is C=CC(=CC=CC)c1cc2cc(Cl)cc(CN(C)C(C)=CC(=C)NC(=O)[C@@H]3CCCCN3)c2o1. The summed E-state index contributed by atoms with van der Waals surface area (Å²) < 4.78 is 6.23. The van der Waals surface area contributed by atoms with Crippen LogP contribution in [0.1, 0.15) is 44.4 Å². The van der Waals surface area contributed by atoms with Crippen LogP contribution in [-0.4, -0.2) is 30.4 Å². The van der Waals surface area contributed by atoms with Gasteiger partial charge in [0.1, 0.15) is 11.3 Å². The van der Waals surface area contributed by atoms with Gasteiger partial charge in [-0.15, -0.1) is 0 Å². The molecule has 1 aliphatic heterocycles. The zero-order valence-electron chi connectivity index (χ0n) is 20.3. The number of furan rings is 1. The van der Waals surface area contributed by atoms with Gasteiger partial charge in [-0.3, -0.25) is 4.79 Å². The van der Waals surface area contributed by atoms with Crippen LogP contribution >= 0.6 is 11.6 Å². The molecule has 0 radical (unpaired) electrons. The Balaban J connectivity index is 1.76. The predicted molar refractivity (Wildman–Crippen MR) is 142 cm³/mol. The average Bonchev–Trinajstić information content (AvgIpc) is 3.23. The Hall–Kier alpha value is -3.02. The first-order valence-electron chi connectivity index (χ1n) is 11.6. The number of amides is 1. The Morgan fingerprint density at radius 3 is 2.82 bits per heavy atom. The van der Waals surface area contributed by atoms with Crippen LogP contribution in [0.2, 0.25) is 5.02 Å². The average molecular weight is 480 g/mol. The summed E-state index contributed by atoms with van der Waals surface area (Å²) >= 11 is 6.42. The van der Waals surface area contributed by atoms with Gasteiger partial charge in [0, 0.05) is 46.5 Å². The molecule has 1 fully saturated rings. The zero-order chi connectivity index (χ0) is 24.7. The molecule has 2 aromatic rings. The second-order valence-electron chi connectivity index (χ2n) is 8.60.